The third kappa shape index (κ3) is 4.37. The van der Waals surface area contributed by atoms with Gasteiger partial charge in [-0.25, -0.2) is 8.78 Å². The number of hydrogen-bond donors (Lipinski definition) is 1. The number of rotatable bonds is 7. The van der Waals surface area contributed by atoms with Crippen molar-refractivity contribution in [3.63, 3.8) is 0 Å². The van der Waals surface area contributed by atoms with E-state index in [2.05, 4.69) is 12.2 Å². The van der Waals surface area contributed by atoms with Gasteiger partial charge in [0.25, 0.3) is 0 Å². The molecular weight excluding hydrogens is 232 g/mol. The van der Waals surface area contributed by atoms with E-state index in [0.29, 0.717) is 17.9 Å². The SMILES string of the molecule is CC(CCNC1CC1)CCc1cc(F)ccc1F. The molecule has 0 aromatic heterocycles. The molecular formula is C15H21F2N. The fourth-order valence-corrected chi connectivity index (χ4v) is 2.10. The molecule has 1 N–H and O–H groups in total. The summed E-state index contributed by atoms with van der Waals surface area (Å²) in [5, 5.41) is 3.47. The molecule has 1 aromatic carbocycles. The van der Waals surface area contributed by atoms with Crippen LogP contribution in [0.5, 0.6) is 0 Å². The number of halogens is 2. The molecule has 100 valence electrons. The highest BCUT2D eigenvalue weighted by molar-refractivity contribution is 5.18. The summed E-state index contributed by atoms with van der Waals surface area (Å²) in [6.07, 6.45) is 5.25. The van der Waals surface area contributed by atoms with Crippen molar-refractivity contribution in [2.75, 3.05) is 6.54 Å². The third-order valence-corrected chi connectivity index (χ3v) is 3.56. The van der Waals surface area contributed by atoms with E-state index < -0.39 is 0 Å². The van der Waals surface area contributed by atoms with Crippen LogP contribution >= 0.6 is 0 Å². The van der Waals surface area contributed by atoms with Gasteiger partial charge in [0.15, 0.2) is 0 Å². The van der Waals surface area contributed by atoms with Gasteiger partial charge in [-0.05, 0) is 68.3 Å². The molecule has 2 rings (SSSR count). The Kier molecular flexibility index (Phi) is 4.70. The van der Waals surface area contributed by atoms with Crippen LogP contribution in [0.15, 0.2) is 18.2 Å². The lowest BCUT2D eigenvalue weighted by molar-refractivity contribution is 0.463. The fraction of sp³-hybridized carbons (Fsp3) is 0.600. The van der Waals surface area contributed by atoms with Gasteiger partial charge in [0.05, 0.1) is 0 Å². The van der Waals surface area contributed by atoms with Crippen molar-refractivity contribution in [1.82, 2.24) is 5.32 Å². The zero-order valence-corrected chi connectivity index (χ0v) is 10.9. The van der Waals surface area contributed by atoms with Crippen molar-refractivity contribution < 1.29 is 8.78 Å². The van der Waals surface area contributed by atoms with Crippen LogP contribution in [0.1, 0.15) is 38.2 Å². The average molecular weight is 253 g/mol. The topological polar surface area (TPSA) is 12.0 Å². The molecule has 0 spiro atoms. The maximum atomic E-state index is 13.4. The van der Waals surface area contributed by atoms with Crippen LogP contribution in [0.2, 0.25) is 0 Å². The molecule has 0 bridgehead atoms. The zero-order valence-electron chi connectivity index (χ0n) is 10.9. The minimum Gasteiger partial charge on any atom is -0.314 e. The van der Waals surface area contributed by atoms with Crippen LogP contribution in [-0.4, -0.2) is 12.6 Å². The largest absolute Gasteiger partial charge is 0.314 e. The van der Waals surface area contributed by atoms with Crippen LogP contribution in [0.4, 0.5) is 8.78 Å². The van der Waals surface area contributed by atoms with Crippen molar-refractivity contribution in [3.8, 4) is 0 Å². The maximum Gasteiger partial charge on any atom is 0.126 e. The minimum absolute atomic E-state index is 0.292. The Bertz CT molecular complexity index is 388. The monoisotopic (exact) mass is 253 g/mol. The Labute approximate surface area is 108 Å². The molecule has 1 nitrogen and oxygen atoms in total. The lowest BCUT2D eigenvalue weighted by atomic mass is 9.98. The van der Waals surface area contributed by atoms with Gasteiger partial charge in [-0.15, -0.1) is 0 Å². The van der Waals surface area contributed by atoms with Gasteiger partial charge in [0.2, 0.25) is 0 Å². The predicted molar refractivity (Wildman–Crippen MR) is 69.5 cm³/mol. The smallest absolute Gasteiger partial charge is 0.126 e. The molecule has 1 atom stereocenters. The highest BCUT2D eigenvalue weighted by Crippen LogP contribution is 2.20. The zero-order chi connectivity index (χ0) is 13.0. The third-order valence-electron chi connectivity index (χ3n) is 3.56. The van der Waals surface area contributed by atoms with Gasteiger partial charge in [0.1, 0.15) is 11.6 Å². The van der Waals surface area contributed by atoms with Crippen LogP contribution in [0.3, 0.4) is 0 Å². The highest BCUT2D eigenvalue weighted by atomic mass is 19.1. The van der Waals surface area contributed by atoms with E-state index >= 15 is 0 Å². The first-order valence-electron chi connectivity index (χ1n) is 6.82. The van der Waals surface area contributed by atoms with Crippen molar-refractivity contribution in [1.29, 1.82) is 0 Å². The summed E-state index contributed by atoms with van der Waals surface area (Å²) >= 11 is 0. The molecule has 1 aliphatic rings. The molecule has 0 radical (unpaired) electrons. The van der Waals surface area contributed by atoms with Gasteiger partial charge in [-0.1, -0.05) is 6.92 Å². The Balaban J connectivity index is 1.70. The van der Waals surface area contributed by atoms with Gasteiger partial charge in [0, 0.05) is 6.04 Å². The quantitative estimate of drug-likeness (QED) is 0.781. The first-order valence-corrected chi connectivity index (χ1v) is 6.82. The molecule has 18 heavy (non-hydrogen) atoms. The Morgan fingerprint density at radius 2 is 2.06 bits per heavy atom. The summed E-state index contributed by atoms with van der Waals surface area (Å²) in [7, 11) is 0. The molecule has 1 aliphatic carbocycles. The Hall–Kier alpha value is -0.960. The molecule has 3 heteroatoms. The van der Waals surface area contributed by atoms with E-state index in [1.165, 1.54) is 31.0 Å². The Morgan fingerprint density at radius 1 is 1.28 bits per heavy atom. The number of nitrogens with one attached hydrogen (secondary N) is 1. The van der Waals surface area contributed by atoms with Gasteiger partial charge in [-0.2, -0.15) is 0 Å². The molecule has 0 amide bonds. The summed E-state index contributed by atoms with van der Waals surface area (Å²) in [5.74, 6) is -0.104. The molecule has 0 aliphatic heterocycles. The average Bonchev–Trinajstić information content (AvgIpc) is 3.14. The maximum absolute atomic E-state index is 13.4. The van der Waals surface area contributed by atoms with E-state index in [9.17, 15) is 8.78 Å². The number of benzene rings is 1. The van der Waals surface area contributed by atoms with Crippen LogP contribution < -0.4 is 5.32 Å². The van der Waals surface area contributed by atoms with Crippen LogP contribution in [-0.2, 0) is 6.42 Å². The van der Waals surface area contributed by atoms with E-state index in [1.54, 1.807) is 0 Å². The molecule has 1 unspecified atom stereocenters. The Morgan fingerprint density at radius 3 is 2.78 bits per heavy atom. The molecule has 1 fully saturated rings. The summed E-state index contributed by atoms with van der Waals surface area (Å²) in [5.41, 5.74) is 0.497. The number of hydrogen-bond acceptors (Lipinski definition) is 1. The second kappa shape index (κ2) is 6.28. The van der Waals surface area contributed by atoms with Gasteiger partial charge >= 0.3 is 0 Å². The lowest BCUT2D eigenvalue weighted by Crippen LogP contribution is -2.19. The number of aryl methyl sites for hydroxylation is 1. The first kappa shape index (κ1) is 13.5. The summed E-state index contributed by atoms with van der Waals surface area (Å²) in [6, 6.07) is 4.44. The van der Waals surface area contributed by atoms with E-state index in [-0.39, 0.29) is 11.6 Å². The van der Waals surface area contributed by atoms with Crippen LogP contribution in [0.25, 0.3) is 0 Å². The summed E-state index contributed by atoms with van der Waals surface area (Å²) in [6.45, 7) is 3.21. The standard InChI is InChI=1S/C15H21F2N/c1-11(8-9-18-14-5-6-14)2-3-12-10-13(16)4-7-15(12)17/h4,7,10-11,14,18H,2-3,5-6,8-9H2,1H3. The van der Waals surface area contributed by atoms with E-state index in [0.717, 1.165) is 25.4 Å². The minimum atomic E-state index is -0.352. The molecule has 1 aromatic rings. The van der Waals surface area contributed by atoms with Crippen LogP contribution in [0, 0.1) is 17.6 Å². The van der Waals surface area contributed by atoms with Crippen molar-refractivity contribution in [3.05, 3.63) is 35.4 Å². The molecule has 1 saturated carbocycles. The van der Waals surface area contributed by atoms with Crippen molar-refractivity contribution in [2.24, 2.45) is 5.92 Å². The fourth-order valence-electron chi connectivity index (χ4n) is 2.10. The summed E-state index contributed by atoms with van der Waals surface area (Å²) < 4.78 is 26.4. The highest BCUT2D eigenvalue weighted by Gasteiger charge is 2.19. The van der Waals surface area contributed by atoms with Gasteiger partial charge in [-0.3, -0.25) is 0 Å². The first-order chi connectivity index (χ1) is 8.65. The summed E-state index contributed by atoms with van der Waals surface area (Å²) in [4.78, 5) is 0. The normalized spacial score (nSPS) is 16.8. The molecule has 0 saturated heterocycles. The second-order valence-corrected chi connectivity index (χ2v) is 5.40. The lowest BCUT2D eigenvalue weighted by Gasteiger charge is -2.12. The van der Waals surface area contributed by atoms with E-state index in [4.69, 9.17) is 0 Å². The predicted octanol–water partition coefficient (Wildman–Crippen LogP) is 3.68. The van der Waals surface area contributed by atoms with Crippen molar-refractivity contribution in [2.45, 2.75) is 45.1 Å². The van der Waals surface area contributed by atoms with Crippen molar-refractivity contribution >= 4 is 0 Å². The van der Waals surface area contributed by atoms with E-state index in [1.807, 2.05) is 0 Å². The van der Waals surface area contributed by atoms with Gasteiger partial charge < -0.3 is 5.32 Å². The molecule has 0 heterocycles. The second-order valence-electron chi connectivity index (χ2n) is 5.40.